The van der Waals surface area contributed by atoms with Gasteiger partial charge in [0, 0.05) is 23.1 Å². The second-order valence-corrected chi connectivity index (χ2v) is 5.13. The van der Waals surface area contributed by atoms with Gasteiger partial charge in [0.15, 0.2) is 0 Å². The highest BCUT2D eigenvalue weighted by Crippen LogP contribution is 2.25. The minimum Gasteiger partial charge on any atom is -0.345 e. The molecule has 0 amide bonds. The standard InChI is InChI=1S/C16H23N/c1-4-5-6-9-14-12-17(13(2)3)16-11-8-7-10-15(14)16/h7-8,10-13H,4-6,9H2,1-3H3. The van der Waals surface area contributed by atoms with Crippen molar-refractivity contribution in [1.29, 1.82) is 0 Å². The maximum Gasteiger partial charge on any atom is 0.0485 e. The highest BCUT2D eigenvalue weighted by molar-refractivity contribution is 5.84. The average molecular weight is 229 g/mol. The molecular weight excluding hydrogens is 206 g/mol. The van der Waals surface area contributed by atoms with E-state index in [2.05, 4.69) is 55.8 Å². The molecule has 0 unspecified atom stereocenters. The lowest BCUT2D eigenvalue weighted by Crippen LogP contribution is -1.97. The van der Waals surface area contributed by atoms with Gasteiger partial charge in [0.25, 0.3) is 0 Å². The highest BCUT2D eigenvalue weighted by atomic mass is 15.0. The van der Waals surface area contributed by atoms with Crippen LogP contribution in [0.2, 0.25) is 0 Å². The van der Waals surface area contributed by atoms with E-state index in [0.29, 0.717) is 6.04 Å². The zero-order chi connectivity index (χ0) is 12.3. The third-order valence-corrected chi connectivity index (χ3v) is 3.43. The second kappa shape index (κ2) is 5.39. The Morgan fingerprint density at radius 3 is 2.59 bits per heavy atom. The van der Waals surface area contributed by atoms with Gasteiger partial charge in [-0.2, -0.15) is 0 Å². The molecule has 1 heterocycles. The van der Waals surface area contributed by atoms with Crippen LogP contribution in [0.4, 0.5) is 0 Å². The van der Waals surface area contributed by atoms with Crippen LogP contribution in [-0.2, 0) is 6.42 Å². The van der Waals surface area contributed by atoms with Crippen LogP contribution in [0.1, 0.15) is 51.6 Å². The molecule has 0 aliphatic heterocycles. The average Bonchev–Trinajstić information content (AvgIpc) is 2.69. The molecule has 2 rings (SSSR count). The number of fused-ring (bicyclic) bond motifs is 1. The number of aryl methyl sites for hydroxylation is 1. The molecule has 0 saturated carbocycles. The molecule has 1 aromatic carbocycles. The topological polar surface area (TPSA) is 4.93 Å². The summed E-state index contributed by atoms with van der Waals surface area (Å²) in [5.41, 5.74) is 2.90. The molecule has 0 N–H and O–H groups in total. The number of nitrogens with zero attached hydrogens (tertiary/aromatic N) is 1. The maximum absolute atomic E-state index is 2.40. The molecule has 0 aliphatic carbocycles. The maximum atomic E-state index is 2.40. The first-order valence-electron chi connectivity index (χ1n) is 6.82. The Balaban J connectivity index is 2.35. The Kier molecular flexibility index (Phi) is 3.88. The Morgan fingerprint density at radius 2 is 1.88 bits per heavy atom. The fraction of sp³-hybridized carbons (Fsp3) is 0.500. The Hall–Kier alpha value is -1.24. The van der Waals surface area contributed by atoms with E-state index < -0.39 is 0 Å². The van der Waals surface area contributed by atoms with E-state index >= 15 is 0 Å². The molecule has 0 saturated heterocycles. The lowest BCUT2D eigenvalue weighted by molar-refractivity contribution is 0.619. The monoisotopic (exact) mass is 229 g/mol. The Labute approximate surface area is 104 Å². The second-order valence-electron chi connectivity index (χ2n) is 5.13. The summed E-state index contributed by atoms with van der Waals surface area (Å²) in [5, 5.41) is 1.44. The molecule has 1 nitrogen and oxygen atoms in total. The highest BCUT2D eigenvalue weighted by Gasteiger charge is 2.09. The lowest BCUT2D eigenvalue weighted by atomic mass is 10.1. The van der Waals surface area contributed by atoms with Crippen LogP contribution in [0.15, 0.2) is 30.5 Å². The van der Waals surface area contributed by atoms with Gasteiger partial charge in [-0.15, -0.1) is 0 Å². The summed E-state index contributed by atoms with van der Waals surface area (Å²) in [4.78, 5) is 0. The number of hydrogen-bond donors (Lipinski definition) is 0. The number of rotatable bonds is 5. The van der Waals surface area contributed by atoms with Gasteiger partial charge in [0.05, 0.1) is 0 Å². The number of hydrogen-bond acceptors (Lipinski definition) is 0. The van der Waals surface area contributed by atoms with Crippen molar-refractivity contribution in [2.45, 2.75) is 52.5 Å². The van der Waals surface area contributed by atoms with Gasteiger partial charge in [-0.3, -0.25) is 0 Å². The Bertz CT molecular complexity index is 479. The van der Waals surface area contributed by atoms with E-state index in [0.717, 1.165) is 0 Å². The number of para-hydroxylation sites is 1. The summed E-state index contributed by atoms with van der Waals surface area (Å²) in [5.74, 6) is 0. The molecule has 92 valence electrons. The molecule has 0 radical (unpaired) electrons. The van der Waals surface area contributed by atoms with E-state index in [9.17, 15) is 0 Å². The van der Waals surface area contributed by atoms with Crippen molar-refractivity contribution in [2.75, 3.05) is 0 Å². The first-order chi connectivity index (χ1) is 8.24. The van der Waals surface area contributed by atoms with Crippen LogP contribution in [0.3, 0.4) is 0 Å². The molecule has 1 heteroatoms. The molecule has 0 bridgehead atoms. The van der Waals surface area contributed by atoms with Crippen molar-refractivity contribution < 1.29 is 0 Å². The zero-order valence-corrected chi connectivity index (χ0v) is 11.2. The normalized spacial score (nSPS) is 11.5. The summed E-state index contributed by atoms with van der Waals surface area (Å²) < 4.78 is 2.40. The molecule has 0 spiro atoms. The van der Waals surface area contributed by atoms with E-state index in [1.165, 1.54) is 42.1 Å². The van der Waals surface area contributed by atoms with Crippen molar-refractivity contribution in [2.24, 2.45) is 0 Å². The van der Waals surface area contributed by atoms with Crippen LogP contribution in [0, 0.1) is 0 Å². The molecule has 0 aliphatic rings. The van der Waals surface area contributed by atoms with Crippen molar-refractivity contribution in [1.82, 2.24) is 4.57 Å². The van der Waals surface area contributed by atoms with E-state index in [-0.39, 0.29) is 0 Å². The molecule has 2 aromatic rings. The van der Waals surface area contributed by atoms with Crippen LogP contribution in [0.25, 0.3) is 10.9 Å². The third kappa shape index (κ3) is 2.54. The Morgan fingerprint density at radius 1 is 1.12 bits per heavy atom. The summed E-state index contributed by atoms with van der Waals surface area (Å²) in [6.45, 7) is 6.77. The van der Waals surface area contributed by atoms with Gasteiger partial charge < -0.3 is 4.57 Å². The van der Waals surface area contributed by atoms with E-state index in [1.807, 2.05) is 0 Å². The van der Waals surface area contributed by atoms with Crippen LogP contribution in [0.5, 0.6) is 0 Å². The zero-order valence-electron chi connectivity index (χ0n) is 11.2. The molecule has 0 atom stereocenters. The first-order valence-corrected chi connectivity index (χ1v) is 6.82. The molecule has 0 fully saturated rings. The van der Waals surface area contributed by atoms with Gasteiger partial charge in [-0.1, -0.05) is 38.0 Å². The van der Waals surface area contributed by atoms with E-state index in [4.69, 9.17) is 0 Å². The number of unbranched alkanes of at least 4 members (excludes halogenated alkanes) is 2. The van der Waals surface area contributed by atoms with Crippen LogP contribution in [-0.4, -0.2) is 4.57 Å². The number of aromatic nitrogens is 1. The summed E-state index contributed by atoms with van der Waals surface area (Å²) in [7, 11) is 0. The fourth-order valence-electron chi connectivity index (χ4n) is 2.47. The smallest absolute Gasteiger partial charge is 0.0485 e. The summed E-state index contributed by atoms with van der Waals surface area (Å²) in [6.07, 6.45) is 7.51. The largest absolute Gasteiger partial charge is 0.345 e. The minimum atomic E-state index is 0.542. The molecular formula is C16H23N. The van der Waals surface area contributed by atoms with Gasteiger partial charge in [-0.25, -0.2) is 0 Å². The summed E-state index contributed by atoms with van der Waals surface area (Å²) in [6, 6.07) is 9.32. The van der Waals surface area contributed by atoms with Crippen molar-refractivity contribution in [3.05, 3.63) is 36.0 Å². The lowest BCUT2D eigenvalue weighted by Gasteiger charge is -2.08. The van der Waals surface area contributed by atoms with Gasteiger partial charge in [-0.05, 0) is 38.3 Å². The van der Waals surface area contributed by atoms with Gasteiger partial charge in [0.2, 0.25) is 0 Å². The first kappa shape index (κ1) is 12.2. The number of benzene rings is 1. The van der Waals surface area contributed by atoms with Crippen molar-refractivity contribution in [3.8, 4) is 0 Å². The van der Waals surface area contributed by atoms with Crippen LogP contribution >= 0.6 is 0 Å². The predicted molar refractivity (Wildman–Crippen MR) is 75.6 cm³/mol. The predicted octanol–water partition coefficient (Wildman–Crippen LogP) is 4.95. The third-order valence-electron chi connectivity index (χ3n) is 3.43. The van der Waals surface area contributed by atoms with E-state index in [1.54, 1.807) is 0 Å². The van der Waals surface area contributed by atoms with Gasteiger partial charge >= 0.3 is 0 Å². The van der Waals surface area contributed by atoms with Gasteiger partial charge in [0.1, 0.15) is 0 Å². The van der Waals surface area contributed by atoms with Crippen molar-refractivity contribution >= 4 is 10.9 Å². The quantitative estimate of drug-likeness (QED) is 0.639. The van der Waals surface area contributed by atoms with Crippen molar-refractivity contribution in [3.63, 3.8) is 0 Å². The summed E-state index contributed by atoms with van der Waals surface area (Å²) >= 11 is 0. The SMILES string of the molecule is CCCCCc1cn(C(C)C)c2ccccc12. The minimum absolute atomic E-state index is 0.542. The molecule has 1 aromatic heterocycles. The van der Waals surface area contributed by atoms with Crippen LogP contribution < -0.4 is 0 Å². The molecule has 17 heavy (non-hydrogen) atoms. The fourth-order valence-corrected chi connectivity index (χ4v) is 2.47.